The van der Waals surface area contributed by atoms with Crippen molar-refractivity contribution in [3.8, 4) is 0 Å². The maximum absolute atomic E-state index is 12.8. The first-order chi connectivity index (χ1) is 41.1. The molecule has 21 N–H and O–H groups in total. The number of hydrogen-bond acceptors (Lipinski definition) is 36. The fourth-order valence-electron chi connectivity index (χ4n) is 12.0. The van der Waals surface area contributed by atoms with Gasteiger partial charge in [0, 0.05) is 33.1 Å². The van der Waals surface area contributed by atoms with Crippen molar-refractivity contribution < 1.29 is 168 Å². The number of aliphatic hydroxyl groups is 19. The molecule has 14 heterocycles. The van der Waals surface area contributed by atoms with Crippen LogP contribution in [0.3, 0.4) is 0 Å². The van der Waals surface area contributed by atoms with Crippen LogP contribution in [-0.2, 0) is 71.1 Å². The van der Waals surface area contributed by atoms with Gasteiger partial charge in [-0.25, -0.2) is 0 Å². The van der Waals surface area contributed by atoms with Gasteiger partial charge < -0.3 is 179 Å². The lowest BCUT2D eigenvalue weighted by Gasteiger charge is -2.50. The largest absolute Gasteiger partial charge is 0.394 e. The average molecular weight is 1260 g/mol. The van der Waals surface area contributed by atoms with Gasteiger partial charge >= 0.3 is 0 Å². The van der Waals surface area contributed by atoms with Crippen molar-refractivity contribution in [2.45, 2.75) is 228 Å². The third-order valence-electron chi connectivity index (χ3n) is 17.0. The molecule has 0 saturated carbocycles. The first-order valence-corrected chi connectivity index (χ1v) is 28.5. The summed E-state index contributed by atoms with van der Waals surface area (Å²) in [5.41, 5.74) is 0. The molecule has 86 heavy (non-hydrogen) atoms. The van der Waals surface area contributed by atoms with E-state index in [0.717, 1.165) is 0 Å². The Kier molecular flexibility index (Phi) is 23.7. The van der Waals surface area contributed by atoms with Crippen LogP contribution in [0.4, 0.5) is 0 Å². The van der Waals surface area contributed by atoms with Crippen LogP contribution in [0.1, 0.15) is 12.8 Å². The monoisotopic (exact) mass is 1260 g/mol. The number of fused-ring (bicyclic) bond motifs is 5. The van der Waals surface area contributed by atoms with Gasteiger partial charge in [-0.2, -0.15) is 0 Å². The maximum Gasteiger partial charge on any atom is 0.221 e. The minimum atomic E-state index is -2.20. The number of hydrogen-bond donors (Lipinski definition) is 21. The molecule has 14 rings (SSSR count). The van der Waals surface area contributed by atoms with Crippen molar-refractivity contribution in [3.05, 3.63) is 0 Å². The van der Waals surface area contributed by atoms with E-state index in [-0.39, 0.29) is 45.6 Å². The number of nitrogens with zero attached hydrogens (tertiary/aromatic N) is 1. The average Bonchev–Trinajstić information content (AvgIpc) is 1.28. The number of rotatable bonds is 8. The highest BCUT2D eigenvalue weighted by Crippen LogP contribution is 2.39. The molecular formula is C49H83N3O34. The van der Waals surface area contributed by atoms with E-state index in [1.54, 1.807) is 4.90 Å². The van der Waals surface area contributed by atoms with Crippen LogP contribution in [0.2, 0.25) is 0 Å². The first kappa shape index (κ1) is 68.4. The molecule has 35 atom stereocenters. The molecule has 498 valence electrons. The van der Waals surface area contributed by atoms with Gasteiger partial charge in [-0.1, -0.05) is 0 Å². The number of carbonyl (C=O) groups excluding carboxylic acids is 1. The smallest absolute Gasteiger partial charge is 0.221 e. The van der Waals surface area contributed by atoms with E-state index < -0.39 is 254 Å². The summed E-state index contributed by atoms with van der Waals surface area (Å²) in [6, 6.07) is 0. The number of amides is 1. The summed E-state index contributed by atoms with van der Waals surface area (Å²) in [5, 5.41) is 222. The predicted octanol–water partition coefficient (Wildman–Crippen LogP) is -14.8. The van der Waals surface area contributed by atoms with Gasteiger partial charge in [0.15, 0.2) is 44.0 Å². The molecule has 14 fully saturated rings. The Labute approximate surface area is 489 Å². The SMILES string of the molecule is CNC(=O)CCN1CCCNC[C@H]2O[C@@H]3O[C@H]4C(O)C(O)[C@H](O[C@@H]4CO)O[C@H]4C(O)C(O)[C@H](O[C@@H]4CO)O[C@H]4C(O)C(O)[C@H](O[C@@H]4C1)O[C@H]1C(O)C(O)[C@H](O[C@@H]1CO)O[C@H]1C(O)C(O)[C@H](O[C@@H]1CO)O[C@H]1C(O)C(O)[C@H](O[C@@H]1CO)O[C@H]2C(O)C3O. The van der Waals surface area contributed by atoms with Crippen molar-refractivity contribution in [2.75, 3.05) is 72.8 Å². The quantitative estimate of drug-likeness (QED) is 0.107. The van der Waals surface area contributed by atoms with Crippen LogP contribution in [0.25, 0.3) is 0 Å². The van der Waals surface area contributed by atoms with Crippen LogP contribution in [0.15, 0.2) is 0 Å². The number of ether oxygens (including phenoxy) is 14. The minimum absolute atomic E-state index is 0.0223. The Hall–Kier alpha value is -1.93. The van der Waals surface area contributed by atoms with Gasteiger partial charge in [-0.05, 0) is 19.5 Å². The molecule has 0 aromatic heterocycles. The Balaban J connectivity index is 1.11. The van der Waals surface area contributed by atoms with Gasteiger partial charge in [0.1, 0.15) is 171 Å². The van der Waals surface area contributed by atoms with Crippen LogP contribution < -0.4 is 10.6 Å². The third-order valence-corrected chi connectivity index (χ3v) is 17.0. The third kappa shape index (κ3) is 14.2. The number of aliphatic hydroxyl groups excluding tert-OH is 19. The van der Waals surface area contributed by atoms with Crippen LogP contribution in [-0.4, -0.2) is 396 Å². The molecular weight excluding hydrogens is 1170 g/mol. The fraction of sp³-hybridized carbons (Fsp3) is 0.980. The summed E-state index contributed by atoms with van der Waals surface area (Å²) >= 11 is 0. The van der Waals surface area contributed by atoms with E-state index in [4.69, 9.17) is 66.3 Å². The van der Waals surface area contributed by atoms with Gasteiger partial charge in [0.05, 0.1) is 33.0 Å². The molecule has 0 aromatic rings. The molecule has 1 amide bonds. The second kappa shape index (κ2) is 29.8. The Morgan fingerprint density at radius 2 is 0.651 bits per heavy atom. The highest BCUT2D eigenvalue weighted by Gasteiger charge is 2.60. The number of carbonyl (C=O) groups is 1. The van der Waals surface area contributed by atoms with Gasteiger partial charge in [-0.15, -0.1) is 0 Å². The highest BCUT2D eigenvalue weighted by atomic mass is 16.8. The molecule has 14 aliphatic rings. The normalized spacial score (nSPS) is 52.2. The standard InChI is InChI=1S/C49H83N3O34/c1-50-21(58)3-6-52-5-2-4-51-7-14-36-22(59)29(66)43(73-14)82-38-16(9-53)77-47(33(70)26(38)63)85-41-19(12-56)76-46(32(69)25(41)62)81-37-15(8-52)74-44(30(67)23(37)60)83-39-17(10-54)78-48(34(71)27(39)64)86-42-20(13-57)79-49(35(72)28(42)65)84-40-18(11-55)75-45(80-36)31(68)24(40)61/h14-20,22-49,51,53-57,59-72H,2-13H2,1H3,(H,50,58)/t14-,15-,16-,17-,18-,19-,20-,22?,23?,24?,25?,26?,27?,28?,29?,30?,31?,32?,33?,34?,35?,36-,37-,38-,39-,40-,41-,42-,43-,44-,45-,46-,47-,48-,49-/m1/s1. The summed E-state index contributed by atoms with van der Waals surface area (Å²) in [4.78, 5) is 14.4. The van der Waals surface area contributed by atoms with Gasteiger partial charge in [0.25, 0.3) is 0 Å². The predicted molar refractivity (Wildman–Crippen MR) is 267 cm³/mol. The Morgan fingerprint density at radius 3 is 0.953 bits per heavy atom. The summed E-state index contributed by atoms with van der Waals surface area (Å²) in [7, 11) is 1.39. The minimum Gasteiger partial charge on any atom is -0.394 e. The van der Waals surface area contributed by atoms with Crippen LogP contribution in [0.5, 0.6) is 0 Å². The lowest BCUT2D eigenvalue weighted by Crippen LogP contribution is -2.68. The van der Waals surface area contributed by atoms with Crippen molar-refractivity contribution in [1.29, 1.82) is 0 Å². The Morgan fingerprint density at radius 1 is 0.384 bits per heavy atom. The highest BCUT2D eigenvalue weighted by molar-refractivity contribution is 5.75. The second-order valence-corrected chi connectivity index (χ2v) is 22.6. The van der Waals surface area contributed by atoms with Crippen molar-refractivity contribution in [2.24, 2.45) is 0 Å². The summed E-state index contributed by atoms with van der Waals surface area (Å²) < 4.78 is 83.3. The molecule has 37 nitrogen and oxygen atoms in total. The van der Waals surface area contributed by atoms with E-state index in [9.17, 15) is 102 Å². The molecule has 0 aliphatic carbocycles. The molecule has 0 aromatic carbocycles. The van der Waals surface area contributed by atoms with Gasteiger partial charge in [-0.3, -0.25) is 4.79 Å². The number of nitrogens with one attached hydrogen (secondary N) is 2. The molecule has 37 heteroatoms. The molecule has 14 bridgehead atoms. The van der Waals surface area contributed by atoms with E-state index in [1.165, 1.54) is 7.05 Å². The van der Waals surface area contributed by atoms with E-state index in [1.807, 2.05) is 0 Å². The summed E-state index contributed by atoms with van der Waals surface area (Å²) in [5.74, 6) is -0.433. The zero-order valence-electron chi connectivity index (χ0n) is 46.3. The van der Waals surface area contributed by atoms with E-state index in [2.05, 4.69) is 10.6 Å². The molecule has 14 unspecified atom stereocenters. The van der Waals surface area contributed by atoms with Crippen molar-refractivity contribution >= 4 is 5.91 Å². The Bertz CT molecular complexity index is 2120. The van der Waals surface area contributed by atoms with Gasteiger partial charge in [0.2, 0.25) is 5.91 Å². The van der Waals surface area contributed by atoms with Crippen molar-refractivity contribution in [1.82, 2.24) is 15.5 Å². The van der Waals surface area contributed by atoms with E-state index >= 15 is 0 Å². The zero-order valence-corrected chi connectivity index (χ0v) is 46.3. The van der Waals surface area contributed by atoms with Crippen LogP contribution >= 0.6 is 0 Å². The van der Waals surface area contributed by atoms with Crippen LogP contribution in [0, 0.1) is 0 Å². The molecule has 0 radical (unpaired) electrons. The fourth-order valence-corrected chi connectivity index (χ4v) is 12.0. The summed E-state index contributed by atoms with van der Waals surface area (Å²) in [6.07, 6.45) is -69.0. The molecule has 14 aliphatic heterocycles. The second-order valence-electron chi connectivity index (χ2n) is 22.6. The van der Waals surface area contributed by atoms with E-state index in [0.29, 0.717) is 0 Å². The lowest BCUT2D eigenvalue weighted by molar-refractivity contribution is -0.396. The summed E-state index contributed by atoms with van der Waals surface area (Å²) in [6.45, 7) is -5.83. The zero-order chi connectivity index (χ0) is 62.2. The van der Waals surface area contributed by atoms with Crippen molar-refractivity contribution in [3.63, 3.8) is 0 Å². The topological polar surface area (TPSA) is 558 Å². The lowest BCUT2D eigenvalue weighted by atomic mass is 9.95. The first-order valence-electron chi connectivity index (χ1n) is 28.5. The molecule has 0 spiro atoms. The molecule has 14 saturated heterocycles. The maximum atomic E-state index is 12.8.